The molecule has 0 radical (unpaired) electrons. The van der Waals surface area contributed by atoms with Crippen molar-refractivity contribution in [3.63, 3.8) is 0 Å². The highest BCUT2D eigenvalue weighted by Gasteiger charge is 2.25. The lowest BCUT2D eigenvalue weighted by molar-refractivity contribution is 0.0155. The van der Waals surface area contributed by atoms with Crippen LogP contribution in [-0.4, -0.2) is 47.7 Å². The van der Waals surface area contributed by atoms with Crippen LogP contribution in [0.1, 0.15) is 36.6 Å². The average molecular weight is 345 g/mol. The molecule has 4 rings (SSSR count). The molecule has 2 aromatic heterocycles. The van der Waals surface area contributed by atoms with Gasteiger partial charge < -0.3 is 13.9 Å². The monoisotopic (exact) mass is 345 g/mol. The molecule has 1 fully saturated rings. The van der Waals surface area contributed by atoms with E-state index in [4.69, 9.17) is 13.9 Å². The molecule has 1 saturated heterocycles. The van der Waals surface area contributed by atoms with Gasteiger partial charge in [0.2, 0.25) is 0 Å². The molecule has 0 aliphatic carbocycles. The Bertz CT molecular complexity index is 634. The molecule has 0 N–H and O–H groups in total. The van der Waals surface area contributed by atoms with Crippen LogP contribution in [-0.2, 0) is 22.6 Å². The number of furan rings is 1. The fraction of sp³-hybridized carbons (Fsp3) is 0.632. The normalized spacial score (nSPS) is 22.2. The van der Waals surface area contributed by atoms with Crippen LogP contribution in [0.15, 0.2) is 35.3 Å². The molecule has 6 heteroatoms. The van der Waals surface area contributed by atoms with E-state index in [0.717, 1.165) is 65.3 Å². The maximum atomic E-state index is 5.98. The first-order valence-corrected chi connectivity index (χ1v) is 9.30. The molecule has 0 bridgehead atoms. The minimum absolute atomic E-state index is 0.375. The van der Waals surface area contributed by atoms with Crippen molar-refractivity contribution >= 4 is 0 Å². The summed E-state index contributed by atoms with van der Waals surface area (Å²) in [5.74, 6) is 0.665. The minimum atomic E-state index is 0.375. The third-order valence-electron chi connectivity index (χ3n) is 5.23. The summed E-state index contributed by atoms with van der Waals surface area (Å²) in [4.78, 5) is 2.46. The van der Waals surface area contributed by atoms with Crippen LogP contribution < -0.4 is 0 Å². The minimum Gasteiger partial charge on any atom is -0.472 e. The second kappa shape index (κ2) is 8.17. The van der Waals surface area contributed by atoms with Crippen molar-refractivity contribution in [1.82, 2.24) is 14.7 Å². The zero-order valence-electron chi connectivity index (χ0n) is 14.7. The van der Waals surface area contributed by atoms with E-state index in [0.29, 0.717) is 12.0 Å². The highest BCUT2D eigenvalue weighted by molar-refractivity contribution is 5.09. The third-order valence-corrected chi connectivity index (χ3v) is 5.23. The lowest BCUT2D eigenvalue weighted by Gasteiger charge is -2.33. The molecule has 6 nitrogen and oxygen atoms in total. The molecule has 2 aliphatic heterocycles. The Hall–Kier alpha value is -1.63. The van der Waals surface area contributed by atoms with Crippen LogP contribution in [0.5, 0.6) is 0 Å². The summed E-state index contributed by atoms with van der Waals surface area (Å²) in [5, 5.41) is 4.54. The van der Waals surface area contributed by atoms with Crippen LogP contribution >= 0.6 is 0 Å². The van der Waals surface area contributed by atoms with Crippen molar-refractivity contribution in [2.24, 2.45) is 5.92 Å². The van der Waals surface area contributed by atoms with Gasteiger partial charge in [0.05, 0.1) is 24.3 Å². The molecule has 0 saturated carbocycles. The number of hydrogen-bond acceptors (Lipinski definition) is 5. The molecule has 2 aromatic rings. The number of rotatable bonds is 7. The van der Waals surface area contributed by atoms with Crippen molar-refractivity contribution in [3.05, 3.63) is 42.1 Å². The Morgan fingerprint density at radius 3 is 3.00 bits per heavy atom. The van der Waals surface area contributed by atoms with Gasteiger partial charge in [-0.15, -0.1) is 0 Å². The van der Waals surface area contributed by atoms with Crippen molar-refractivity contribution in [1.29, 1.82) is 0 Å². The quantitative estimate of drug-likeness (QED) is 0.722. The number of fused-ring (bicyclic) bond motifs is 1. The van der Waals surface area contributed by atoms with Crippen molar-refractivity contribution in [2.45, 2.75) is 38.4 Å². The molecule has 1 atom stereocenters. The fourth-order valence-electron chi connectivity index (χ4n) is 3.82. The van der Waals surface area contributed by atoms with Gasteiger partial charge in [-0.1, -0.05) is 0 Å². The van der Waals surface area contributed by atoms with E-state index in [1.54, 1.807) is 6.26 Å². The Labute approximate surface area is 148 Å². The van der Waals surface area contributed by atoms with Gasteiger partial charge in [0.15, 0.2) is 0 Å². The maximum Gasteiger partial charge on any atom is 0.0947 e. The number of ether oxygens (including phenoxy) is 2. The predicted molar refractivity (Wildman–Crippen MR) is 93.1 cm³/mol. The highest BCUT2D eigenvalue weighted by atomic mass is 16.5. The molecule has 25 heavy (non-hydrogen) atoms. The van der Waals surface area contributed by atoms with Gasteiger partial charge in [0.1, 0.15) is 0 Å². The Morgan fingerprint density at radius 1 is 1.24 bits per heavy atom. The summed E-state index contributed by atoms with van der Waals surface area (Å²) < 4.78 is 18.8. The number of nitrogens with zero attached hydrogens (tertiary/aromatic N) is 3. The summed E-state index contributed by atoms with van der Waals surface area (Å²) >= 11 is 0. The van der Waals surface area contributed by atoms with Gasteiger partial charge in [0.25, 0.3) is 0 Å². The largest absolute Gasteiger partial charge is 0.472 e. The molecule has 2 aliphatic rings. The smallest absolute Gasteiger partial charge is 0.0947 e. The second-order valence-electron chi connectivity index (χ2n) is 7.14. The molecule has 0 amide bonds. The standard InChI is InChI=1S/C19H27N3O3/c1-6-20-22-18(1)12-21(11-17-4-9-24-15-17)13-19(22)5-10-25-14-16-2-7-23-8-3-16/h1,4,6,9,15-16,19H,2-3,5,7-8,10-14H2/t19-/m1/s1. The summed E-state index contributed by atoms with van der Waals surface area (Å²) in [6.45, 7) is 6.28. The van der Waals surface area contributed by atoms with E-state index < -0.39 is 0 Å². The van der Waals surface area contributed by atoms with E-state index in [1.807, 2.05) is 18.5 Å². The van der Waals surface area contributed by atoms with E-state index in [-0.39, 0.29) is 0 Å². The van der Waals surface area contributed by atoms with E-state index >= 15 is 0 Å². The first-order valence-electron chi connectivity index (χ1n) is 9.30. The van der Waals surface area contributed by atoms with Gasteiger partial charge in [0, 0.05) is 57.8 Å². The molecular formula is C19H27N3O3. The van der Waals surface area contributed by atoms with Gasteiger partial charge in [-0.05, 0) is 37.3 Å². The van der Waals surface area contributed by atoms with Gasteiger partial charge >= 0.3 is 0 Å². The zero-order valence-corrected chi connectivity index (χ0v) is 14.7. The molecule has 136 valence electrons. The van der Waals surface area contributed by atoms with Crippen LogP contribution in [0.3, 0.4) is 0 Å². The maximum absolute atomic E-state index is 5.98. The molecule has 0 aromatic carbocycles. The lowest BCUT2D eigenvalue weighted by Crippen LogP contribution is -2.37. The summed E-state index contributed by atoms with van der Waals surface area (Å²) in [6.07, 6.45) is 8.74. The SMILES string of the molecule is c1cc2n(n1)[C@H](CCOCC1CCOCC1)CN(Cc1ccoc1)C2. The van der Waals surface area contributed by atoms with Crippen LogP contribution in [0.25, 0.3) is 0 Å². The van der Waals surface area contributed by atoms with Gasteiger partial charge in [-0.2, -0.15) is 5.10 Å². The highest BCUT2D eigenvalue weighted by Crippen LogP contribution is 2.25. The Kier molecular flexibility index (Phi) is 5.49. The van der Waals surface area contributed by atoms with Gasteiger partial charge in [-0.3, -0.25) is 9.58 Å². The van der Waals surface area contributed by atoms with Crippen molar-refractivity contribution in [2.75, 3.05) is 33.0 Å². The number of aromatic nitrogens is 2. The summed E-state index contributed by atoms with van der Waals surface area (Å²) in [5.41, 5.74) is 2.51. The lowest BCUT2D eigenvalue weighted by atomic mass is 10.0. The van der Waals surface area contributed by atoms with Crippen LogP contribution in [0, 0.1) is 5.92 Å². The topological polar surface area (TPSA) is 52.7 Å². The zero-order chi connectivity index (χ0) is 16.9. The van der Waals surface area contributed by atoms with Gasteiger partial charge in [-0.25, -0.2) is 0 Å². The summed E-state index contributed by atoms with van der Waals surface area (Å²) in [7, 11) is 0. The van der Waals surface area contributed by atoms with Crippen LogP contribution in [0.2, 0.25) is 0 Å². The van der Waals surface area contributed by atoms with Crippen molar-refractivity contribution in [3.8, 4) is 0 Å². The molecule has 4 heterocycles. The molecular weight excluding hydrogens is 318 g/mol. The first kappa shape index (κ1) is 16.8. The van der Waals surface area contributed by atoms with E-state index in [1.165, 1.54) is 11.3 Å². The average Bonchev–Trinajstić information content (AvgIpc) is 3.31. The number of hydrogen-bond donors (Lipinski definition) is 0. The fourth-order valence-corrected chi connectivity index (χ4v) is 3.82. The Morgan fingerprint density at radius 2 is 2.16 bits per heavy atom. The summed E-state index contributed by atoms with van der Waals surface area (Å²) in [6, 6.07) is 4.54. The Balaban J connectivity index is 1.29. The van der Waals surface area contributed by atoms with E-state index in [9.17, 15) is 0 Å². The first-order chi connectivity index (χ1) is 12.4. The molecule has 0 spiro atoms. The second-order valence-corrected chi connectivity index (χ2v) is 7.14. The van der Waals surface area contributed by atoms with Crippen molar-refractivity contribution < 1.29 is 13.9 Å². The van der Waals surface area contributed by atoms with Crippen LogP contribution in [0.4, 0.5) is 0 Å². The molecule has 0 unspecified atom stereocenters. The van der Waals surface area contributed by atoms with E-state index in [2.05, 4.69) is 20.7 Å². The third kappa shape index (κ3) is 4.32. The predicted octanol–water partition coefficient (Wildman–Crippen LogP) is 2.87.